The molecule has 0 atom stereocenters. The van der Waals surface area contributed by atoms with E-state index in [4.69, 9.17) is 5.73 Å². The normalized spacial score (nSPS) is 11.0. The van der Waals surface area contributed by atoms with Gasteiger partial charge in [-0.1, -0.05) is 41.9 Å². The molecule has 0 bridgehead atoms. The number of nitrogens with zero attached hydrogens (tertiary/aromatic N) is 3. The predicted octanol–water partition coefficient (Wildman–Crippen LogP) is 3.46. The fourth-order valence-corrected chi connectivity index (χ4v) is 2.61. The highest BCUT2D eigenvalue weighted by Crippen LogP contribution is 2.21. The van der Waals surface area contributed by atoms with E-state index in [1.54, 1.807) is 0 Å². The topological polar surface area (TPSA) is 55.0 Å². The van der Waals surface area contributed by atoms with Gasteiger partial charge in [-0.25, -0.2) is 9.97 Å². The summed E-state index contributed by atoms with van der Waals surface area (Å²) in [5, 5.41) is 0. The Balaban J connectivity index is 2.24. The van der Waals surface area contributed by atoms with Gasteiger partial charge in [-0.05, 0) is 17.7 Å². The van der Waals surface area contributed by atoms with E-state index in [0.717, 1.165) is 28.2 Å². The molecule has 5 heteroatoms. The lowest BCUT2D eigenvalue weighted by molar-refractivity contribution is 0.748. The third kappa shape index (κ3) is 4.02. The first-order valence-corrected chi connectivity index (χ1v) is 7.82. The van der Waals surface area contributed by atoms with E-state index >= 15 is 0 Å². The molecule has 4 nitrogen and oxygen atoms in total. The molecule has 1 aromatic heterocycles. The second-order valence-electron chi connectivity index (χ2n) is 5.40. The van der Waals surface area contributed by atoms with Crippen molar-refractivity contribution in [1.29, 1.82) is 0 Å². The Kier molecular flexibility index (Phi) is 5.31. The van der Waals surface area contributed by atoms with Crippen molar-refractivity contribution in [2.45, 2.75) is 32.9 Å². The van der Waals surface area contributed by atoms with Crippen LogP contribution in [0.3, 0.4) is 0 Å². The third-order valence-corrected chi connectivity index (χ3v) is 3.79. The number of hydrogen-bond donors (Lipinski definition) is 1. The number of benzene rings is 1. The molecule has 1 heterocycles. The monoisotopic (exact) mass is 348 g/mol. The smallest absolute Gasteiger partial charge is 0.131 e. The van der Waals surface area contributed by atoms with Gasteiger partial charge in [0.05, 0.1) is 17.6 Å². The van der Waals surface area contributed by atoms with E-state index in [-0.39, 0.29) is 0 Å². The van der Waals surface area contributed by atoms with E-state index < -0.39 is 0 Å². The van der Waals surface area contributed by atoms with Gasteiger partial charge >= 0.3 is 0 Å². The second-order valence-corrected chi connectivity index (χ2v) is 6.32. The molecule has 0 aliphatic carbocycles. The lowest BCUT2D eigenvalue weighted by Gasteiger charge is -2.22. The summed E-state index contributed by atoms with van der Waals surface area (Å²) in [5.41, 5.74) is 8.96. The second kappa shape index (κ2) is 7.00. The van der Waals surface area contributed by atoms with Crippen LogP contribution in [0.1, 0.15) is 36.8 Å². The van der Waals surface area contributed by atoms with Gasteiger partial charge in [0.15, 0.2) is 0 Å². The van der Waals surface area contributed by atoms with Gasteiger partial charge in [0.2, 0.25) is 0 Å². The zero-order valence-electron chi connectivity index (χ0n) is 12.7. The molecule has 0 saturated heterocycles. The van der Waals surface area contributed by atoms with E-state index in [0.29, 0.717) is 12.5 Å². The van der Waals surface area contributed by atoms with Crippen molar-refractivity contribution in [2.75, 3.05) is 11.9 Å². The minimum Gasteiger partial charge on any atom is -0.368 e. The van der Waals surface area contributed by atoms with Crippen LogP contribution < -0.4 is 10.6 Å². The lowest BCUT2D eigenvalue weighted by Crippen LogP contribution is -2.21. The summed E-state index contributed by atoms with van der Waals surface area (Å²) in [6.07, 6.45) is 1.88. The lowest BCUT2D eigenvalue weighted by atomic mass is 10.2. The van der Waals surface area contributed by atoms with Gasteiger partial charge in [-0.2, -0.15) is 0 Å². The number of hydrogen-bond acceptors (Lipinski definition) is 4. The predicted molar refractivity (Wildman–Crippen MR) is 90.3 cm³/mol. The van der Waals surface area contributed by atoms with Crippen molar-refractivity contribution >= 4 is 21.6 Å². The van der Waals surface area contributed by atoms with Crippen molar-refractivity contribution in [3.63, 3.8) is 0 Å². The molecule has 0 fully saturated rings. The molecule has 0 aliphatic rings. The molecule has 112 valence electrons. The Morgan fingerprint density at radius 1 is 1.33 bits per heavy atom. The maximum absolute atomic E-state index is 5.85. The van der Waals surface area contributed by atoms with Crippen molar-refractivity contribution in [2.24, 2.45) is 5.73 Å². The average molecular weight is 349 g/mol. The van der Waals surface area contributed by atoms with Gasteiger partial charge in [-0.3, -0.25) is 0 Å². The molecule has 0 amide bonds. The van der Waals surface area contributed by atoms with Gasteiger partial charge in [0, 0.05) is 30.5 Å². The summed E-state index contributed by atoms with van der Waals surface area (Å²) in [5.74, 6) is 1.15. The Morgan fingerprint density at radius 3 is 2.71 bits per heavy atom. The van der Waals surface area contributed by atoms with Gasteiger partial charge in [0.25, 0.3) is 0 Å². The van der Waals surface area contributed by atoms with Crippen LogP contribution in [0, 0.1) is 0 Å². The van der Waals surface area contributed by atoms with Gasteiger partial charge < -0.3 is 10.6 Å². The molecule has 2 N–H and O–H groups in total. The Morgan fingerprint density at radius 2 is 2.10 bits per heavy atom. The molecular weight excluding hydrogens is 328 g/mol. The summed E-state index contributed by atoms with van der Waals surface area (Å²) >= 11 is 3.50. The molecule has 0 saturated carbocycles. The Hall–Kier alpha value is -1.46. The molecule has 2 rings (SSSR count). The zero-order valence-corrected chi connectivity index (χ0v) is 14.3. The molecule has 0 unspecified atom stereocenters. The fraction of sp³-hybridized carbons (Fsp3) is 0.375. The van der Waals surface area contributed by atoms with Crippen LogP contribution in [-0.4, -0.2) is 17.0 Å². The van der Waals surface area contributed by atoms with Crippen LogP contribution in [0.15, 0.2) is 34.9 Å². The molecular formula is C16H21BrN4. The molecule has 0 aliphatic heterocycles. The van der Waals surface area contributed by atoms with Crippen LogP contribution in [0.5, 0.6) is 0 Å². The summed E-state index contributed by atoms with van der Waals surface area (Å²) in [6.45, 7) is 5.37. The maximum Gasteiger partial charge on any atom is 0.131 e. The SMILES string of the molecule is CC(C)c1ncc(N(C)Cc2cccc(Br)c2)c(CN)n1. The summed E-state index contributed by atoms with van der Waals surface area (Å²) in [4.78, 5) is 11.2. The van der Waals surface area contributed by atoms with E-state index in [9.17, 15) is 0 Å². The largest absolute Gasteiger partial charge is 0.368 e. The summed E-state index contributed by atoms with van der Waals surface area (Å²) < 4.78 is 1.08. The fourth-order valence-electron chi connectivity index (χ4n) is 2.17. The minimum absolute atomic E-state index is 0.305. The average Bonchev–Trinajstić information content (AvgIpc) is 2.46. The van der Waals surface area contributed by atoms with Crippen molar-refractivity contribution < 1.29 is 0 Å². The number of halogens is 1. The first kappa shape index (κ1) is 15.9. The van der Waals surface area contributed by atoms with Crippen LogP contribution in [0.25, 0.3) is 0 Å². The minimum atomic E-state index is 0.305. The number of anilines is 1. The number of aromatic nitrogens is 2. The maximum atomic E-state index is 5.85. The van der Waals surface area contributed by atoms with E-state index in [1.807, 2.05) is 25.4 Å². The van der Waals surface area contributed by atoms with Crippen molar-refractivity contribution in [3.8, 4) is 0 Å². The standard InChI is InChI=1S/C16H21BrN4/c1-11(2)16-19-9-15(14(8-18)20-16)21(3)10-12-5-4-6-13(17)7-12/h4-7,9,11H,8,10,18H2,1-3H3. The Labute approximate surface area is 134 Å². The van der Waals surface area contributed by atoms with Gasteiger partial charge in [0.1, 0.15) is 5.82 Å². The Bertz CT molecular complexity index is 613. The first-order chi connectivity index (χ1) is 10.0. The summed E-state index contributed by atoms with van der Waals surface area (Å²) in [7, 11) is 2.04. The highest BCUT2D eigenvalue weighted by molar-refractivity contribution is 9.10. The molecule has 0 radical (unpaired) electrons. The van der Waals surface area contributed by atoms with Crippen molar-refractivity contribution in [1.82, 2.24) is 9.97 Å². The first-order valence-electron chi connectivity index (χ1n) is 7.02. The van der Waals surface area contributed by atoms with E-state index in [2.05, 4.69) is 56.8 Å². The third-order valence-electron chi connectivity index (χ3n) is 3.29. The number of nitrogens with two attached hydrogens (primary N) is 1. The van der Waals surface area contributed by atoms with Crippen LogP contribution in [0.4, 0.5) is 5.69 Å². The van der Waals surface area contributed by atoms with Crippen LogP contribution >= 0.6 is 15.9 Å². The highest BCUT2D eigenvalue weighted by Gasteiger charge is 2.12. The molecule has 1 aromatic carbocycles. The van der Waals surface area contributed by atoms with E-state index in [1.165, 1.54) is 5.56 Å². The van der Waals surface area contributed by atoms with Crippen LogP contribution in [0.2, 0.25) is 0 Å². The summed E-state index contributed by atoms with van der Waals surface area (Å²) in [6, 6.07) is 8.28. The van der Waals surface area contributed by atoms with Crippen LogP contribution in [-0.2, 0) is 13.1 Å². The highest BCUT2D eigenvalue weighted by atomic mass is 79.9. The quantitative estimate of drug-likeness (QED) is 0.898. The van der Waals surface area contributed by atoms with Crippen molar-refractivity contribution in [3.05, 3.63) is 52.0 Å². The molecule has 0 spiro atoms. The molecule has 2 aromatic rings. The zero-order chi connectivity index (χ0) is 15.4. The molecule has 21 heavy (non-hydrogen) atoms. The number of rotatable bonds is 5. The van der Waals surface area contributed by atoms with Gasteiger partial charge in [-0.15, -0.1) is 0 Å².